The molecule has 8 atom stereocenters. The first-order valence-electron chi connectivity index (χ1n) is 22.6. The summed E-state index contributed by atoms with van der Waals surface area (Å²) in [6, 6.07) is 8.46. The predicted molar refractivity (Wildman–Crippen MR) is 235 cm³/mol. The number of nitrogens with one attached hydrogen (secondary N) is 7. The molecule has 2 aromatic rings. The molecule has 4 aliphatic rings. The van der Waals surface area contributed by atoms with Crippen LogP contribution in [0.1, 0.15) is 126 Å². The van der Waals surface area contributed by atoms with E-state index in [0.717, 1.165) is 85.0 Å². The Hall–Kier alpha value is -5.02. The maximum atomic E-state index is 13.9. The number of benzene rings is 2. The Morgan fingerprint density at radius 2 is 1.02 bits per heavy atom. The van der Waals surface area contributed by atoms with Gasteiger partial charge in [0, 0.05) is 24.5 Å². The molecule has 0 aromatic heterocycles. The molecule has 2 aliphatic heterocycles. The minimum absolute atomic E-state index is 0.168. The van der Waals surface area contributed by atoms with Crippen molar-refractivity contribution in [1.29, 1.82) is 0 Å². The van der Waals surface area contributed by atoms with Crippen LogP contribution in [0.15, 0.2) is 36.4 Å². The fraction of sp³-hybridized carbons (Fsp3) is 0.609. The van der Waals surface area contributed by atoms with Gasteiger partial charge in [0.15, 0.2) is 0 Å². The van der Waals surface area contributed by atoms with Gasteiger partial charge in [0.1, 0.15) is 24.2 Å². The summed E-state index contributed by atoms with van der Waals surface area (Å²) in [5.74, 6) is -1.28. The summed E-state index contributed by atoms with van der Waals surface area (Å²) in [5.41, 5.74) is 6.38. The van der Waals surface area contributed by atoms with E-state index in [1.807, 2.05) is 26.0 Å². The number of amides is 6. The molecule has 15 nitrogen and oxygen atoms in total. The van der Waals surface area contributed by atoms with Crippen LogP contribution in [0, 0.1) is 0 Å². The summed E-state index contributed by atoms with van der Waals surface area (Å²) >= 11 is 0. The molecule has 0 saturated carbocycles. The molecular weight excluding hydrogens is 775 g/mol. The Kier molecular flexibility index (Phi) is 15.4. The van der Waals surface area contributed by atoms with Crippen molar-refractivity contribution < 1.29 is 28.8 Å². The number of anilines is 2. The first kappa shape index (κ1) is 45.5. The minimum Gasteiger partial charge on any atom is -0.355 e. The van der Waals surface area contributed by atoms with Crippen molar-refractivity contribution in [3.8, 4) is 0 Å². The zero-order valence-corrected chi connectivity index (χ0v) is 36.8. The Balaban J connectivity index is 1.13. The number of nitrogens with zero attached hydrogens (tertiary/aromatic N) is 2. The lowest BCUT2D eigenvalue weighted by Crippen LogP contribution is -2.55. The number of hydrogen-bond donors (Lipinski definition) is 7. The zero-order chi connectivity index (χ0) is 43.8. The lowest BCUT2D eigenvalue weighted by atomic mass is 9.85. The van der Waals surface area contributed by atoms with E-state index in [4.69, 9.17) is 0 Å². The second kappa shape index (κ2) is 20.7. The summed E-state index contributed by atoms with van der Waals surface area (Å²) in [7, 11) is 3.39. The summed E-state index contributed by atoms with van der Waals surface area (Å²) in [5, 5.41) is 21.9. The number of fused-ring (bicyclic) bond motifs is 2. The van der Waals surface area contributed by atoms with E-state index in [0.29, 0.717) is 38.8 Å². The van der Waals surface area contributed by atoms with E-state index >= 15 is 0 Å². The van der Waals surface area contributed by atoms with E-state index in [1.165, 1.54) is 0 Å². The molecule has 2 saturated heterocycles. The van der Waals surface area contributed by atoms with Gasteiger partial charge in [0.05, 0.1) is 24.2 Å². The zero-order valence-electron chi connectivity index (χ0n) is 36.8. The van der Waals surface area contributed by atoms with Crippen LogP contribution in [0.5, 0.6) is 0 Å². The number of likely N-dealkylation sites (N-methyl/N-ethyl adjacent to an activating group) is 2. The number of carbonyl (C=O) groups is 6. The largest absolute Gasteiger partial charge is 0.355 e. The smallest absolute Gasteiger partial charge is 0.245 e. The van der Waals surface area contributed by atoms with Crippen LogP contribution in [0.3, 0.4) is 0 Å². The first-order chi connectivity index (χ1) is 29.4. The van der Waals surface area contributed by atoms with E-state index in [9.17, 15) is 28.8 Å². The fourth-order valence-corrected chi connectivity index (χ4v) is 9.45. The second-order valence-electron chi connectivity index (χ2n) is 17.1. The molecule has 2 heterocycles. The molecule has 6 rings (SSSR count). The molecule has 0 spiro atoms. The van der Waals surface area contributed by atoms with E-state index in [-0.39, 0.29) is 47.5 Å². The van der Waals surface area contributed by atoms with Gasteiger partial charge in [-0.05, 0) is 139 Å². The first-order valence-corrected chi connectivity index (χ1v) is 22.6. The Morgan fingerprint density at radius 3 is 1.39 bits per heavy atom. The molecule has 332 valence electrons. The van der Waals surface area contributed by atoms with Crippen molar-refractivity contribution in [2.24, 2.45) is 0 Å². The Bertz CT molecular complexity index is 1800. The van der Waals surface area contributed by atoms with Gasteiger partial charge >= 0.3 is 0 Å². The van der Waals surface area contributed by atoms with Crippen molar-refractivity contribution in [3.63, 3.8) is 0 Å². The topological polar surface area (TPSA) is 193 Å². The molecule has 2 fully saturated rings. The third-order valence-electron chi connectivity index (χ3n) is 13.3. The van der Waals surface area contributed by atoms with E-state index in [1.54, 1.807) is 37.7 Å². The van der Waals surface area contributed by atoms with Crippen LogP contribution in [-0.2, 0) is 41.6 Å². The number of hydrogen-bond acceptors (Lipinski definition) is 9. The molecule has 6 amide bonds. The van der Waals surface area contributed by atoms with Gasteiger partial charge in [-0.3, -0.25) is 28.8 Å². The summed E-state index contributed by atoms with van der Waals surface area (Å²) in [4.78, 5) is 83.7. The SMILES string of the molecule is CC[C@H](NC(=O)[C@H](C)NC)C(=O)N1CCCC1C(=O)N[C@@H]1CCCc2c(Nc3cccc4c3CCC[C@H]4NC(=O)C3CCCN3C(=O)[C@H](CC)NC(=O)[C@H](C)NC)cccc21. The van der Waals surface area contributed by atoms with Gasteiger partial charge in [0.25, 0.3) is 0 Å². The number of likely N-dealkylation sites (tertiary alicyclic amines) is 2. The number of rotatable bonds is 16. The Labute approximate surface area is 360 Å². The fourth-order valence-electron chi connectivity index (χ4n) is 9.45. The van der Waals surface area contributed by atoms with Gasteiger partial charge in [-0.1, -0.05) is 38.1 Å². The maximum absolute atomic E-state index is 13.9. The Morgan fingerprint density at radius 1 is 0.607 bits per heavy atom. The van der Waals surface area contributed by atoms with Gasteiger partial charge in [-0.25, -0.2) is 0 Å². The molecule has 0 bridgehead atoms. The molecule has 2 unspecified atom stereocenters. The van der Waals surface area contributed by atoms with Crippen molar-refractivity contribution in [3.05, 3.63) is 58.7 Å². The van der Waals surface area contributed by atoms with Crippen LogP contribution >= 0.6 is 0 Å². The lowest BCUT2D eigenvalue weighted by Gasteiger charge is -2.33. The van der Waals surface area contributed by atoms with Crippen LogP contribution < -0.4 is 37.2 Å². The summed E-state index contributed by atoms with van der Waals surface area (Å²) in [6.45, 7) is 8.15. The van der Waals surface area contributed by atoms with Crippen LogP contribution in [0.25, 0.3) is 0 Å². The average Bonchev–Trinajstić information content (AvgIpc) is 3.98. The highest BCUT2D eigenvalue weighted by atomic mass is 16.2. The highest BCUT2D eigenvalue weighted by Crippen LogP contribution is 2.39. The quantitative estimate of drug-likeness (QED) is 0.133. The monoisotopic (exact) mass is 842 g/mol. The highest BCUT2D eigenvalue weighted by Gasteiger charge is 2.40. The van der Waals surface area contributed by atoms with Crippen molar-refractivity contribution in [2.75, 3.05) is 32.5 Å². The molecule has 0 radical (unpaired) electrons. The molecule has 15 heteroatoms. The van der Waals surface area contributed by atoms with E-state index in [2.05, 4.69) is 61.5 Å². The van der Waals surface area contributed by atoms with Crippen molar-refractivity contribution in [2.45, 2.75) is 153 Å². The summed E-state index contributed by atoms with van der Waals surface area (Å²) < 4.78 is 0. The van der Waals surface area contributed by atoms with Crippen LogP contribution in [0.4, 0.5) is 11.4 Å². The molecule has 2 aromatic carbocycles. The highest BCUT2D eigenvalue weighted by molar-refractivity contribution is 5.94. The van der Waals surface area contributed by atoms with Gasteiger partial charge in [-0.15, -0.1) is 0 Å². The van der Waals surface area contributed by atoms with Crippen LogP contribution in [0.2, 0.25) is 0 Å². The van der Waals surface area contributed by atoms with Gasteiger partial charge < -0.3 is 47.0 Å². The average molecular weight is 842 g/mol. The third-order valence-corrected chi connectivity index (χ3v) is 13.3. The van der Waals surface area contributed by atoms with Crippen molar-refractivity contribution >= 4 is 46.8 Å². The maximum Gasteiger partial charge on any atom is 0.245 e. The standard InChI is InChI=1S/C46H67N9O6/c1-7-33(50-41(56)27(3)47-5)45(60)54-25-13-23-39(54)43(58)52-37-21-11-15-29-31(37)17-9-19-35(29)49-36-20-10-18-32-30(36)16-12-22-38(32)53-44(59)40-24-14-26-55(40)46(61)34(8-2)51-42(57)28(4)48-6/h9-10,17-20,27-28,33-34,37-40,47-49H,7-8,11-16,21-26H2,1-6H3,(H,50,56)(H,51,57)(H,52,58)(H,53,59)/t27-,28-,33-,34-,37+,38+,39?,40?/m0/s1. The van der Waals surface area contributed by atoms with Gasteiger partial charge in [0.2, 0.25) is 35.4 Å². The van der Waals surface area contributed by atoms with Gasteiger partial charge in [-0.2, -0.15) is 0 Å². The van der Waals surface area contributed by atoms with Crippen LogP contribution in [-0.4, -0.2) is 109 Å². The normalized spacial score (nSPS) is 22.8. The number of carbonyl (C=O) groups excluding carboxylic acids is 6. The van der Waals surface area contributed by atoms with Crippen molar-refractivity contribution in [1.82, 2.24) is 41.7 Å². The molecule has 61 heavy (non-hydrogen) atoms. The third kappa shape index (κ3) is 10.2. The lowest BCUT2D eigenvalue weighted by molar-refractivity contribution is -0.141. The molecular formula is C46H67N9O6. The minimum atomic E-state index is -0.697. The second-order valence-corrected chi connectivity index (χ2v) is 17.1. The van der Waals surface area contributed by atoms with E-state index < -0.39 is 36.3 Å². The molecule has 2 aliphatic carbocycles. The molecule has 7 N–H and O–H groups in total. The predicted octanol–water partition coefficient (Wildman–Crippen LogP) is 3.40. The summed E-state index contributed by atoms with van der Waals surface area (Å²) in [6.07, 6.45) is 8.49.